The van der Waals surface area contributed by atoms with Crippen LogP contribution in [0.15, 0.2) is 16.5 Å². The fourth-order valence-electron chi connectivity index (χ4n) is 5.31. The molecule has 27 heavy (non-hydrogen) atoms. The Morgan fingerprint density at radius 2 is 1.74 bits per heavy atom. The molecule has 152 valence electrons. The van der Waals surface area contributed by atoms with Gasteiger partial charge in [-0.2, -0.15) is 26.0 Å². The van der Waals surface area contributed by atoms with Gasteiger partial charge in [0.1, 0.15) is 5.60 Å². The van der Waals surface area contributed by atoms with Gasteiger partial charge in [0.2, 0.25) is 0 Å². The molecule has 4 aliphatic rings. The zero-order chi connectivity index (χ0) is 20.4. The number of rotatable bonds is 4. The molecule has 4 aliphatic carbocycles. The van der Waals surface area contributed by atoms with Crippen molar-refractivity contribution in [2.45, 2.75) is 57.1 Å². The molecule has 3 atom stereocenters. The summed E-state index contributed by atoms with van der Waals surface area (Å²) in [7, 11) is -5.97. The number of sulfonamides is 1. The van der Waals surface area contributed by atoms with Crippen LogP contribution in [0.3, 0.4) is 0 Å². The van der Waals surface area contributed by atoms with Crippen LogP contribution in [0.25, 0.3) is 0 Å². The molecule has 6 nitrogen and oxygen atoms in total. The largest absolute Gasteiger partial charge is 0.861 e. The lowest BCUT2D eigenvalue weighted by Crippen LogP contribution is -2.69. The molecule has 0 N–H and O–H groups in total. The molecule has 0 spiro atoms. The molecule has 4 fully saturated rings. The third kappa shape index (κ3) is 2.96. The lowest BCUT2D eigenvalue weighted by molar-refractivity contribution is -0.276. The number of ether oxygens (including phenoxy) is 1. The third-order valence-corrected chi connectivity index (χ3v) is 7.46. The second kappa shape index (κ2) is 5.96. The van der Waals surface area contributed by atoms with Gasteiger partial charge in [0.05, 0.1) is 0 Å². The first kappa shape index (κ1) is 20.2. The zero-order valence-electron chi connectivity index (χ0n) is 15.0. The van der Waals surface area contributed by atoms with E-state index in [9.17, 15) is 31.5 Å². The minimum absolute atomic E-state index is 0.0758. The summed E-state index contributed by atoms with van der Waals surface area (Å²) in [5, 5.41) is 12.9. The van der Waals surface area contributed by atoms with Crippen molar-refractivity contribution in [3.63, 3.8) is 0 Å². The van der Waals surface area contributed by atoms with E-state index in [0.29, 0.717) is 12.8 Å². The highest BCUT2D eigenvalue weighted by atomic mass is 32.2. The number of hydrogen-bond acceptors (Lipinski definition) is 5. The average Bonchev–Trinajstić information content (AvgIpc) is 2.50. The Bertz CT molecular complexity index is 805. The molecule has 10 heteroatoms. The number of alkyl halides is 3. The zero-order valence-corrected chi connectivity index (χ0v) is 15.8. The maximum absolute atomic E-state index is 12.9. The minimum atomic E-state index is -5.97. The molecule has 4 saturated carbocycles. The Morgan fingerprint density at radius 1 is 1.22 bits per heavy atom. The molecule has 0 saturated heterocycles. The Hall–Kier alpha value is -1.58. The highest BCUT2D eigenvalue weighted by Gasteiger charge is 2.66. The molecular weight excluding hydrogens is 387 g/mol. The van der Waals surface area contributed by atoms with Gasteiger partial charge in [-0.05, 0) is 69.6 Å². The summed E-state index contributed by atoms with van der Waals surface area (Å²) in [5.74, 6) is -2.20. The van der Waals surface area contributed by atoms with Crippen LogP contribution in [0.2, 0.25) is 0 Å². The fourth-order valence-corrected chi connectivity index (χ4v) is 5.81. The van der Waals surface area contributed by atoms with Crippen molar-refractivity contribution in [2.24, 2.45) is 27.6 Å². The van der Waals surface area contributed by atoms with Gasteiger partial charge >= 0.3 is 21.5 Å². The topological polar surface area (TPSA) is 95.9 Å². The highest BCUT2D eigenvalue weighted by Crippen LogP contribution is 2.66. The van der Waals surface area contributed by atoms with Gasteiger partial charge in [-0.1, -0.05) is 6.58 Å². The van der Waals surface area contributed by atoms with Crippen molar-refractivity contribution in [2.75, 3.05) is 0 Å². The van der Waals surface area contributed by atoms with Crippen LogP contribution >= 0.6 is 0 Å². The first-order chi connectivity index (χ1) is 12.2. The molecule has 0 aromatic carbocycles. The summed E-state index contributed by atoms with van der Waals surface area (Å²) in [6.45, 7) is 6.44. The lowest BCUT2D eigenvalue weighted by atomic mass is 9.43. The van der Waals surface area contributed by atoms with Crippen LogP contribution in [0.5, 0.6) is 0 Å². The van der Waals surface area contributed by atoms with Crippen molar-refractivity contribution >= 4 is 21.9 Å². The monoisotopic (exact) mass is 408 g/mol. The molecule has 4 rings (SSSR count). The van der Waals surface area contributed by atoms with Crippen LogP contribution in [0, 0.1) is 23.2 Å². The fraction of sp³-hybridized carbons (Fsp3) is 0.765. The van der Waals surface area contributed by atoms with E-state index in [0.717, 1.165) is 6.42 Å². The molecule has 0 heterocycles. The van der Waals surface area contributed by atoms with Gasteiger partial charge in [0.15, 0.2) is 0 Å². The number of hydrogen-bond donors (Lipinski definition) is 0. The molecule has 0 amide bonds. The van der Waals surface area contributed by atoms with Gasteiger partial charge < -0.3 is 9.84 Å². The summed E-state index contributed by atoms with van der Waals surface area (Å²) in [4.78, 5) is 12.2. The van der Waals surface area contributed by atoms with E-state index in [1.807, 2.05) is 0 Å². The summed E-state index contributed by atoms with van der Waals surface area (Å²) in [6, 6.07) is 0. The Balaban J connectivity index is 2.10. The number of carbonyl (C=O) groups excluding carboxylic acids is 1. The summed E-state index contributed by atoms with van der Waals surface area (Å²) in [6.07, 6.45) is 2.52. The van der Waals surface area contributed by atoms with Gasteiger partial charge in [-0.25, -0.2) is 4.79 Å². The van der Waals surface area contributed by atoms with Crippen molar-refractivity contribution in [3.8, 4) is 0 Å². The molecule has 0 aromatic heterocycles. The number of esters is 1. The van der Waals surface area contributed by atoms with Crippen molar-refractivity contribution < 1.29 is 36.2 Å². The van der Waals surface area contributed by atoms with Gasteiger partial charge in [-0.3, -0.25) is 0 Å². The van der Waals surface area contributed by atoms with E-state index < -0.39 is 38.4 Å². The standard InChI is InChI=1S/C17H22F3NO5S/c1-9(2)13(22)26-15(3)12-5-10-4-11(6-12)8-16(15,7-10)14(23)21-27(24,25)17(18,19)20/h10-12H,1,4-8H2,2-3H3,(H,21,23)/p-1. The van der Waals surface area contributed by atoms with Gasteiger partial charge in [0, 0.05) is 11.0 Å². The van der Waals surface area contributed by atoms with Crippen LogP contribution in [0.4, 0.5) is 13.2 Å². The van der Waals surface area contributed by atoms with Crippen molar-refractivity contribution in [1.29, 1.82) is 0 Å². The molecule has 3 unspecified atom stereocenters. The predicted octanol–water partition coefficient (Wildman–Crippen LogP) is 2.30. The minimum Gasteiger partial charge on any atom is -0.861 e. The van der Waals surface area contributed by atoms with E-state index in [2.05, 4.69) is 11.0 Å². The van der Waals surface area contributed by atoms with Crippen LogP contribution in [-0.4, -0.2) is 31.4 Å². The second-order valence-corrected chi connectivity index (χ2v) is 9.82. The van der Waals surface area contributed by atoms with Crippen molar-refractivity contribution in [3.05, 3.63) is 12.2 Å². The van der Waals surface area contributed by atoms with E-state index in [1.165, 1.54) is 13.8 Å². The van der Waals surface area contributed by atoms with Gasteiger partial charge in [0.25, 0.3) is 0 Å². The average molecular weight is 408 g/mol. The highest BCUT2D eigenvalue weighted by molar-refractivity contribution is 7.91. The Kier molecular flexibility index (Phi) is 4.45. The molecule has 0 aliphatic heterocycles. The lowest BCUT2D eigenvalue weighted by Gasteiger charge is -2.66. The molecule has 4 bridgehead atoms. The quantitative estimate of drug-likeness (QED) is 0.308. The van der Waals surface area contributed by atoms with Gasteiger partial charge in [-0.15, -0.1) is 0 Å². The number of halogens is 3. The van der Waals surface area contributed by atoms with Crippen molar-refractivity contribution in [1.82, 2.24) is 0 Å². The van der Waals surface area contributed by atoms with E-state index in [-0.39, 0.29) is 36.2 Å². The SMILES string of the molecule is C=C(C)C(=O)OC1(C)C2CC3CC(C2)CC1(/C([O-])=N/S(=O)(=O)C(F)(F)F)C3. The summed E-state index contributed by atoms with van der Waals surface area (Å²) < 4.78 is 69.4. The maximum Gasteiger partial charge on any atom is 0.518 e. The van der Waals surface area contributed by atoms with Crippen LogP contribution in [0.1, 0.15) is 46.0 Å². The van der Waals surface area contributed by atoms with Crippen LogP contribution in [-0.2, 0) is 19.6 Å². The third-order valence-electron chi connectivity index (χ3n) is 6.46. The molecular formula is C17H21F3NO5S-. The first-order valence-electron chi connectivity index (χ1n) is 8.69. The number of nitrogens with zero attached hydrogens (tertiary/aromatic N) is 1. The summed E-state index contributed by atoms with van der Waals surface area (Å²) >= 11 is 0. The molecule has 0 radical (unpaired) electrons. The summed E-state index contributed by atoms with van der Waals surface area (Å²) in [5.41, 5.74) is -8.55. The predicted molar refractivity (Wildman–Crippen MR) is 87.7 cm³/mol. The number of carbonyl (C=O) groups is 1. The second-order valence-electron chi connectivity index (χ2n) is 8.22. The molecule has 0 aromatic rings. The smallest absolute Gasteiger partial charge is 0.518 e. The Labute approximate surface area is 155 Å². The maximum atomic E-state index is 12.9. The normalized spacial score (nSPS) is 38.7. The first-order valence-corrected chi connectivity index (χ1v) is 10.1. The van der Waals surface area contributed by atoms with E-state index in [1.54, 1.807) is 0 Å². The van der Waals surface area contributed by atoms with E-state index in [4.69, 9.17) is 4.74 Å². The van der Waals surface area contributed by atoms with E-state index >= 15 is 0 Å². The Morgan fingerprint density at radius 3 is 2.19 bits per heavy atom. The van der Waals surface area contributed by atoms with Crippen LogP contribution < -0.4 is 5.11 Å².